The summed E-state index contributed by atoms with van der Waals surface area (Å²) in [6.45, 7) is 1.80. The number of nitrogens with zero attached hydrogens (tertiary/aromatic N) is 1. The molecule has 5 atom stereocenters. The lowest BCUT2D eigenvalue weighted by Crippen LogP contribution is -2.60. The molecular formula is C15H20F3NO2S. The molecule has 2 aliphatic carbocycles. The Hall–Kier alpha value is -0.560. The highest BCUT2D eigenvalue weighted by Gasteiger charge is 2.66. The van der Waals surface area contributed by atoms with Crippen molar-refractivity contribution in [2.75, 3.05) is 0 Å². The van der Waals surface area contributed by atoms with Gasteiger partial charge in [0.2, 0.25) is 0 Å². The van der Waals surface area contributed by atoms with Crippen LogP contribution < -0.4 is 0 Å². The second-order valence-electron chi connectivity index (χ2n) is 7.16. The van der Waals surface area contributed by atoms with E-state index in [0.717, 1.165) is 31.0 Å². The number of thioether (sulfide) groups is 1. The van der Waals surface area contributed by atoms with Crippen LogP contribution in [-0.4, -0.2) is 32.6 Å². The number of halogens is 3. The van der Waals surface area contributed by atoms with Gasteiger partial charge in [0.1, 0.15) is 4.75 Å². The highest BCUT2D eigenvalue weighted by Crippen LogP contribution is 2.53. The Morgan fingerprint density at radius 3 is 2.55 bits per heavy atom. The molecule has 0 aromatic carbocycles. The molecule has 7 heteroatoms. The fourth-order valence-corrected chi connectivity index (χ4v) is 5.38. The summed E-state index contributed by atoms with van der Waals surface area (Å²) in [6.07, 6.45) is 0.417. The summed E-state index contributed by atoms with van der Waals surface area (Å²) in [5.74, 6) is 0.912. The fourth-order valence-electron chi connectivity index (χ4n) is 4.04. The number of carbonyl (C=O) groups is 1. The van der Waals surface area contributed by atoms with Crippen LogP contribution in [0, 0.1) is 17.8 Å². The van der Waals surface area contributed by atoms with Gasteiger partial charge in [-0.3, -0.25) is 4.79 Å². The third-order valence-electron chi connectivity index (χ3n) is 5.76. The molecule has 0 radical (unpaired) electrons. The van der Waals surface area contributed by atoms with E-state index in [9.17, 15) is 23.1 Å². The first kappa shape index (κ1) is 16.3. The van der Waals surface area contributed by atoms with Crippen LogP contribution in [0.1, 0.15) is 46.0 Å². The SMILES string of the molecule is CC1(C(C)(O)C(F)(F)F)SC(C[C@H]2C[C@@H]3CC[C@H]2C3)=NC1=O. The molecule has 1 aliphatic heterocycles. The summed E-state index contributed by atoms with van der Waals surface area (Å²) in [6, 6.07) is 0. The summed E-state index contributed by atoms with van der Waals surface area (Å²) in [4.78, 5) is 15.9. The molecule has 2 saturated carbocycles. The van der Waals surface area contributed by atoms with Crippen molar-refractivity contribution in [2.24, 2.45) is 22.7 Å². The highest BCUT2D eigenvalue weighted by atomic mass is 32.2. The number of rotatable bonds is 3. The molecular weight excluding hydrogens is 315 g/mol. The molecule has 1 amide bonds. The summed E-state index contributed by atoms with van der Waals surface area (Å²) in [7, 11) is 0. The van der Waals surface area contributed by atoms with Gasteiger partial charge >= 0.3 is 6.18 Å². The zero-order chi connectivity index (χ0) is 16.3. The summed E-state index contributed by atoms with van der Waals surface area (Å²) >= 11 is 0.800. The van der Waals surface area contributed by atoms with Gasteiger partial charge in [0, 0.05) is 0 Å². The van der Waals surface area contributed by atoms with Crippen LogP contribution in [0.4, 0.5) is 13.2 Å². The zero-order valence-electron chi connectivity index (χ0n) is 12.6. The minimum atomic E-state index is -4.87. The highest BCUT2D eigenvalue weighted by molar-refractivity contribution is 8.16. The van der Waals surface area contributed by atoms with Gasteiger partial charge in [-0.15, -0.1) is 0 Å². The number of aliphatic hydroxyl groups is 1. The van der Waals surface area contributed by atoms with Crippen LogP contribution >= 0.6 is 11.8 Å². The first-order valence-electron chi connectivity index (χ1n) is 7.64. The standard InChI is InChI=1S/C15H20F3NO2S/c1-13(14(2,21)15(16,17)18)12(20)19-11(22-13)7-10-6-8-3-4-9(10)5-8/h8-10,21H,3-7H2,1-2H3/t8-,9+,10-,13?,14?/m1/s1. The molecule has 22 heavy (non-hydrogen) atoms. The number of alkyl halides is 3. The van der Waals surface area contributed by atoms with E-state index in [-0.39, 0.29) is 0 Å². The number of carbonyl (C=O) groups excluding carboxylic acids is 1. The van der Waals surface area contributed by atoms with Crippen molar-refractivity contribution in [1.82, 2.24) is 0 Å². The molecule has 2 unspecified atom stereocenters. The lowest BCUT2D eigenvalue weighted by atomic mass is 9.87. The van der Waals surface area contributed by atoms with Crippen molar-refractivity contribution < 1.29 is 23.1 Å². The zero-order valence-corrected chi connectivity index (χ0v) is 13.4. The average Bonchev–Trinajstić information content (AvgIpc) is 3.04. The minimum absolute atomic E-state index is 0.427. The number of aliphatic imine (C=N–C) groups is 1. The Kier molecular flexibility index (Phi) is 3.68. The first-order valence-corrected chi connectivity index (χ1v) is 8.46. The lowest BCUT2D eigenvalue weighted by Gasteiger charge is -2.38. The molecule has 2 fully saturated rings. The van der Waals surface area contributed by atoms with E-state index in [1.807, 2.05) is 0 Å². The Bertz CT molecular complexity index is 531. The molecule has 1 heterocycles. The summed E-state index contributed by atoms with van der Waals surface area (Å²) < 4.78 is 37.3. The number of hydrogen-bond donors (Lipinski definition) is 1. The van der Waals surface area contributed by atoms with E-state index in [4.69, 9.17) is 0 Å². The Labute approximate surface area is 131 Å². The lowest BCUT2D eigenvalue weighted by molar-refractivity contribution is -0.260. The van der Waals surface area contributed by atoms with Gasteiger partial charge in [0.05, 0.1) is 5.04 Å². The maximum Gasteiger partial charge on any atom is 0.418 e. The van der Waals surface area contributed by atoms with Crippen molar-refractivity contribution in [3.8, 4) is 0 Å². The Morgan fingerprint density at radius 1 is 1.36 bits per heavy atom. The molecule has 3 rings (SSSR count). The van der Waals surface area contributed by atoms with Crippen molar-refractivity contribution in [3.05, 3.63) is 0 Å². The van der Waals surface area contributed by atoms with Crippen LogP contribution in [0.2, 0.25) is 0 Å². The van der Waals surface area contributed by atoms with Crippen molar-refractivity contribution in [2.45, 2.75) is 62.5 Å². The predicted molar refractivity (Wildman–Crippen MR) is 78.7 cm³/mol. The van der Waals surface area contributed by atoms with E-state index >= 15 is 0 Å². The summed E-state index contributed by atoms with van der Waals surface area (Å²) in [5.41, 5.74) is -3.10. The average molecular weight is 335 g/mol. The topological polar surface area (TPSA) is 49.7 Å². The van der Waals surface area contributed by atoms with Crippen molar-refractivity contribution in [3.63, 3.8) is 0 Å². The molecule has 3 aliphatic rings. The van der Waals surface area contributed by atoms with Gasteiger partial charge in [-0.1, -0.05) is 18.2 Å². The molecule has 0 aromatic rings. The number of amides is 1. The quantitative estimate of drug-likeness (QED) is 0.858. The largest absolute Gasteiger partial charge is 0.418 e. The first-order chi connectivity index (χ1) is 10.0. The smallest absolute Gasteiger partial charge is 0.379 e. The van der Waals surface area contributed by atoms with Gasteiger partial charge in [-0.05, 0) is 57.3 Å². The van der Waals surface area contributed by atoms with Gasteiger partial charge in [0.15, 0.2) is 5.60 Å². The summed E-state index contributed by atoms with van der Waals surface area (Å²) in [5, 5.41) is 10.4. The predicted octanol–water partition coefficient (Wildman–Crippen LogP) is 3.56. The van der Waals surface area contributed by atoms with Gasteiger partial charge < -0.3 is 5.11 Å². The van der Waals surface area contributed by atoms with E-state index in [1.165, 1.54) is 19.3 Å². The van der Waals surface area contributed by atoms with Crippen LogP contribution in [0.5, 0.6) is 0 Å². The van der Waals surface area contributed by atoms with Crippen LogP contribution in [0.15, 0.2) is 4.99 Å². The number of fused-ring (bicyclic) bond motifs is 2. The van der Waals surface area contributed by atoms with Crippen molar-refractivity contribution >= 4 is 22.7 Å². The molecule has 2 bridgehead atoms. The fraction of sp³-hybridized carbons (Fsp3) is 0.867. The second kappa shape index (κ2) is 4.97. The van der Waals surface area contributed by atoms with Crippen LogP contribution in [0.3, 0.4) is 0 Å². The molecule has 3 nitrogen and oxygen atoms in total. The molecule has 0 aromatic heterocycles. The maximum absolute atomic E-state index is 13.1. The van der Waals surface area contributed by atoms with E-state index in [1.54, 1.807) is 0 Å². The third kappa shape index (κ3) is 2.31. The maximum atomic E-state index is 13.1. The molecule has 0 spiro atoms. The third-order valence-corrected chi connectivity index (χ3v) is 7.23. The second-order valence-corrected chi connectivity index (χ2v) is 8.65. The Morgan fingerprint density at radius 2 is 2.05 bits per heavy atom. The number of hydrogen-bond acceptors (Lipinski definition) is 3. The normalized spacial score (nSPS) is 40.9. The van der Waals surface area contributed by atoms with E-state index in [0.29, 0.717) is 30.2 Å². The molecule has 124 valence electrons. The minimum Gasteiger partial charge on any atom is -0.379 e. The van der Waals surface area contributed by atoms with E-state index in [2.05, 4.69) is 4.99 Å². The monoisotopic (exact) mass is 335 g/mol. The van der Waals surface area contributed by atoms with Crippen LogP contribution in [-0.2, 0) is 4.79 Å². The van der Waals surface area contributed by atoms with Crippen molar-refractivity contribution in [1.29, 1.82) is 0 Å². The Balaban J connectivity index is 1.73. The van der Waals surface area contributed by atoms with Gasteiger partial charge in [-0.2, -0.15) is 13.2 Å². The molecule has 0 saturated heterocycles. The van der Waals surface area contributed by atoms with E-state index < -0.39 is 22.4 Å². The van der Waals surface area contributed by atoms with Gasteiger partial charge in [-0.25, -0.2) is 4.99 Å². The van der Waals surface area contributed by atoms with Gasteiger partial charge in [0.25, 0.3) is 5.91 Å². The molecule has 1 N–H and O–H groups in total. The van der Waals surface area contributed by atoms with Crippen LogP contribution in [0.25, 0.3) is 0 Å².